The van der Waals surface area contributed by atoms with Gasteiger partial charge in [0, 0.05) is 29.5 Å². The van der Waals surface area contributed by atoms with Crippen LogP contribution in [0.25, 0.3) is 0 Å². The Morgan fingerprint density at radius 3 is 2.41 bits per heavy atom. The molecular weight excluding hydrogens is 414 g/mol. The van der Waals surface area contributed by atoms with Gasteiger partial charge < -0.3 is 0 Å². The number of rotatable bonds is 6. The number of benzene rings is 2. The van der Waals surface area contributed by atoms with Crippen LogP contribution < -0.4 is 4.31 Å². The van der Waals surface area contributed by atoms with Crippen molar-refractivity contribution in [1.29, 1.82) is 0 Å². The number of aromatic nitrogens is 1. The monoisotopic (exact) mass is 431 g/mol. The van der Waals surface area contributed by atoms with E-state index in [-0.39, 0.29) is 17.1 Å². The molecular formula is C20H18ClN3O4S. The number of nitro groups is 1. The summed E-state index contributed by atoms with van der Waals surface area (Å²) < 4.78 is 28.4. The molecule has 0 aliphatic carbocycles. The third-order valence-electron chi connectivity index (χ3n) is 4.55. The first-order valence-electron chi connectivity index (χ1n) is 8.63. The van der Waals surface area contributed by atoms with E-state index in [0.717, 1.165) is 6.07 Å². The van der Waals surface area contributed by atoms with Crippen LogP contribution >= 0.6 is 11.6 Å². The van der Waals surface area contributed by atoms with Gasteiger partial charge >= 0.3 is 0 Å². The van der Waals surface area contributed by atoms with Crippen molar-refractivity contribution in [2.24, 2.45) is 0 Å². The van der Waals surface area contributed by atoms with Gasteiger partial charge in [-0.15, -0.1) is 0 Å². The predicted octanol–water partition coefficient (Wildman–Crippen LogP) is 4.66. The minimum absolute atomic E-state index is 0.0129. The third-order valence-corrected chi connectivity index (χ3v) is 6.70. The number of non-ortho nitro benzene ring substituents is 1. The number of hydrogen-bond donors (Lipinski definition) is 0. The second-order valence-electron chi connectivity index (χ2n) is 6.49. The topological polar surface area (TPSA) is 93.4 Å². The lowest BCUT2D eigenvalue weighted by molar-refractivity contribution is -0.385. The van der Waals surface area contributed by atoms with Gasteiger partial charge in [-0.2, -0.15) is 0 Å². The number of pyridine rings is 1. The molecule has 0 amide bonds. The summed E-state index contributed by atoms with van der Waals surface area (Å²) >= 11 is 5.96. The van der Waals surface area contributed by atoms with Crippen LogP contribution in [0.15, 0.2) is 65.8 Å². The Hall–Kier alpha value is -2.97. The van der Waals surface area contributed by atoms with Crippen LogP contribution in [0, 0.1) is 24.0 Å². The molecule has 0 bridgehead atoms. The van der Waals surface area contributed by atoms with Crippen molar-refractivity contribution in [2.45, 2.75) is 25.3 Å². The lowest BCUT2D eigenvalue weighted by Crippen LogP contribution is -2.31. The van der Waals surface area contributed by atoms with Gasteiger partial charge in [0.1, 0.15) is 0 Å². The zero-order valence-corrected chi connectivity index (χ0v) is 17.3. The first-order valence-corrected chi connectivity index (χ1v) is 10.4. The minimum atomic E-state index is -4.12. The first kappa shape index (κ1) is 20.8. The summed E-state index contributed by atoms with van der Waals surface area (Å²) in [5.74, 6) is 0. The maximum atomic E-state index is 13.6. The number of hydrogen-bond acceptors (Lipinski definition) is 5. The van der Waals surface area contributed by atoms with Crippen LogP contribution in [0.5, 0.6) is 0 Å². The fourth-order valence-corrected chi connectivity index (χ4v) is 4.78. The van der Waals surface area contributed by atoms with E-state index in [4.69, 9.17) is 11.6 Å². The van der Waals surface area contributed by atoms with Gasteiger partial charge in [0.05, 0.1) is 22.1 Å². The van der Waals surface area contributed by atoms with Crippen molar-refractivity contribution >= 4 is 33.0 Å². The summed E-state index contributed by atoms with van der Waals surface area (Å²) in [6.07, 6.45) is 3.17. The first-order chi connectivity index (χ1) is 13.7. The molecule has 29 heavy (non-hydrogen) atoms. The maximum absolute atomic E-state index is 13.6. The molecule has 2 aromatic carbocycles. The van der Waals surface area contributed by atoms with Gasteiger partial charge in [-0.25, -0.2) is 8.42 Å². The van der Waals surface area contributed by atoms with Crippen LogP contribution in [0.1, 0.15) is 16.7 Å². The number of halogens is 1. The highest BCUT2D eigenvalue weighted by Crippen LogP contribution is 2.32. The van der Waals surface area contributed by atoms with Crippen molar-refractivity contribution in [3.63, 3.8) is 0 Å². The predicted molar refractivity (Wildman–Crippen MR) is 112 cm³/mol. The van der Waals surface area contributed by atoms with Crippen LogP contribution in [-0.4, -0.2) is 18.3 Å². The minimum Gasteiger partial charge on any atom is -0.264 e. The summed E-state index contributed by atoms with van der Waals surface area (Å²) in [7, 11) is -4.12. The highest BCUT2D eigenvalue weighted by Gasteiger charge is 2.29. The molecule has 0 unspecified atom stereocenters. The molecule has 0 saturated heterocycles. The molecule has 150 valence electrons. The molecule has 3 aromatic rings. The molecule has 1 heterocycles. The molecule has 0 aliphatic heterocycles. The van der Waals surface area contributed by atoms with Gasteiger partial charge in [0.25, 0.3) is 15.7 Å². The fraction of sp³-hybridized carbons (Fsp3) is 0.150. The van der Waals surface area contributed by atoms with Gasteiger partial charge in [0.2, 0.25) is 0 Å². The van der Waals surface area contributed by atoms with Crippen molar-refractivity contribution in [2.75, 3.05) is 4.31 Å². The smallest absolute Gasteiger partial charge is 0.264 e. The van der Waals surface area contributed by atoms with Crippen molar-refractivity contribution in [3.05, 3.63) is 92.8 Å². The van der Waals surface area contributed by atoms with Gasteiger partial charge in [0.15, 0.2) is 0 Å². The highest BCUT2D eigenvalue weighted by atomic mass is 35.5. The van der Waals surface area contributed by atoms with Gasteiger partial charge in [-0.05, 0) is 60.9 Å². The number of sulfonamides is 1. The molecule has 0 N–H and O–H groups in total. The Labute approximate surface area is 173 Å². The molecule has 0 fully saturated rings. The van der Waals surface area contributed by atoms with Crippen LogP contribution in [0.3, 0.4) is 0 Å². The Morgan fingerprint density at radius 1 is 1.14 bits per heavy atom. The maximum Gasteiger partial charge on any atom is 0.271 e. The lowest BCUT2D eigenvalue weighted by atomic mass is 10.1. The highest BCUT2D eigenvalue weighted by molar-refractivity contribution is 7.92. The fourth-order valence-electron chi connectivity index (χ4n) is 2.88. The standard InChI is InChI=1S/C20H18ClN3O4S/c1-14-10-19(24(25)26)11-20(15(14)2)29(27,28)23(13-16-4-3-9-22-12-16)18-7-5-17(21)6-8-18/h3-12H,13H2,1-2H3. The Kier molecular flexibility index (Phi) is 5.86. The normalized spacial score (nSPS) is 11.3. The van der Waals surface area contributed by atoms with Crippen molar-refractivity contribution in [1.82, 2.24) is 4.98 Å². The third kappa shape index (κ3) is 4.38. The number of nitro benzene ring substituents is 1. The van der Waals surface area contributed by atoms with Crippen LogP contribution in [0.4, 0.5) is 11.4 Å². The molecule has 1 aromatic heterocycles. The number of nitrogens with zero attached hydrogens (tertiary/aromatic N) is 3. The average molecular weight is 432 g/mol. The second-order valence-corrected chi connectivity index (χ2v) is 8.76. The van der Waals surface area contributed by atoms with E-state index in [9.17, 15) is 18.5 Å². The summed E-state index contributed by atoms with van der Waals surface area (Å²) in [6.45, 7) is 3.30. The van der Waals surface area contributed by atoms with Gasteiger partial charge in [-0.1, -0.05) is 17.7 Å². The van der Waals surface area contributed by atoms with Crippen LogP contribution in [-0.2, 0) is 16.6 Å². The molecule has 0 aliphatic rings. The second kappa shape index (κ2) is 8.18. The molecule has 7 nitrogen and oxygen atoms in total. The SMILES string of the molecule is Cc1cc([N+](=O)[O-])cc(S(=O)(=O)N(Cc2cccnc2)c2ccc(Cl)cc2)c1C. The van der Waals surface area contributed by atoms with E-state index in [1.54, 1.807) is 62.6 Å². The number of aryl methyl sites for hydroxylation is 1. The van der Waals surface area contributed by atoms with Crippen LogP contribution in [0.2, 0.25) is 5.02 Å². The number of anilines is 1. The molecule has 0 spiro atoms. The van der Waals surface area contributed by atoms with E-state index >= 15 is 0 Å². The molecule has 9 heteroatoms. The van der Waals surface area contributed by atoms with E-state index in [1.165, 1.54) is 10.4 Å². The summed E-state index contributed by atoms with van der Waals surface area (Å²) in [5, 5.41) is 11.8. The van der Waals surface area contributed by atoms with E-state index in [2.05, 4.69) is 4.98 Å². The van der Waals surface area contributed by atoms with Gasteiger partial charge in [-0.3, -0.25) is 19.4 Å². The Bertz CT molecular complexity index is 1150. The zero-order valence-electron chi connectivity index (χ0n) is 15.7. The Morgan fingerprint density at radius 2 is 1.83 bits per heavy atom. The van der Waals surface area contributed by atoms with E-state index < -0.39 is 14.9 Å². The Balaban J connectivity index is 2.19. The summed E-state index contributed by atoms with van der Waals surface area (Å²) in [6, 6.07) is 12.3. The lowest BCUT2D eigenvalue weighted by Gasteiger charge is -2.25. The summed E-state index contributed by atoms with van der Waals surface area (Å²) in [5.41, 5.74) is 1.77. The average Bonchev–Trinajstić information content (AvgIpc) is 2.69. The van der Waals surface area contributed by atoms with E-state index in [1.807, 2.05) is 0 Å². The molecule has 0 saturated carbocycles. The molecule has 0 atom stereocenters. The van der Waals surface area contributed by atoms with Crippen molar-refractivity contribution < 1.29 is 13.3 Å². The molecule has 3 rings (SSSR count). The molecule has 0 radical (unpaired) electrons. The van der Waals surface area contributed by atoms with E-state index in [0.29, 0.717) is 27.4 Å². The quantitative estimate of drug-likeness (QED) is 0.418. The summed E-state index contributed by atoms with van der Waals surface area (Å²) in [4.78, 5) is 14.6. The zero-order chi connectivity index (χ0) is 21.2. The van der Waals surface area contributed by atoms with Crippen molar-refractivity contribution in [3.8, 4) is 0 Å². The largest absolute Gasteiger partial charge is 0.271 e.